The van der Waals surface area contributed by atoms with Gasteiger partial charge in [0.2, 0.25) is 6.23 Å². The molecule has 0 aromatic rings. The van der Waals surface area contributed by atoms with Gasteiger partial charge in [-0.25, -0.2) is 9.59 Å². The normalized spacial score (nSPS) is 27.2. The number of rotatable bonds is 4. The molecule has 1 N–H and O–H groups in total. The quantitative estimate of drug-likeness (QED) is 0.588. The van der Waals surface area contributed by atoms with Crippen molar-refractivity contribution in [1.29, 1.82) is 0 Å². The number of carbonyl (C=O) groups excluding carboxylic acids is 3. The lowest BCUT2D eigenvalue weighted by atomic mass is 9.99. The zero-order valence-corrected chi connectivity index (χ0v) is 12.8. The van der Waals surface area contributed by atoms with Gasteiger partial charge in [0.05, 0.1) is 6.61 Å². The fourth-order valence-electron chi connectivity index (χ4n) is 2.34. The van der Waals surface area contributed by atoms with Crippen LogP contribution < -0.4 is 0 Å². The van der Waals surface area contributed by atoms with E-state index in [1.807, 2.05) is 0 Å². The summed E-state index contributed by atoms with van der Waals surface area (Å²) < 4.78 is 14.8. The minimum Gasteiger partial charge on any atom is -0.480 e. The Balaban J connectivity index is 3.24. The van der Waals surface area contributed by atoms with Crippen molar-refractivity contribution < 1.29 is 38.5 Å². The number of aliphatic carboxylic acids is 1. The SMILES string of the molecule is CCOC(=O)N1[C@H](OC(C)=O)[C@H](OC(C)=O)C[C@@]1(C)C(=O)O. The molecule has 0 unspecified atom stereocenters. The molecule has 0 spiro atoms. The summed E-state index contributed by atoms with van der Waals surface area (Å²) in [6.45, 7) is 5.07. The van der Waals surface area contributed by atoms with E-state index in [9.17, 15) is 24.3 Å². The second kappa shape index (κ2) is 6.63. The fraction of sp³-hybridized carbons (Fsp3) is 0.692. The van der Waals surface area contributed by atoms with Gasteiger partial charge >= 0.3 is 24.0 Å². The predicted molar refractivity (Wildman–Crippen MR) is 70.6 cm³/mol. The number of carboxylic acids is 1. The first-order chi connectivity index (χ1) is 10.1. The highest BCUT2D eigenvalue weighted by Crippen LogP contribution is 2.37. The van der Waals surface area contributed by atoms with Crippen LogP contribution in [0.1, 0.15) is 34.1 Å². The summed E-state index contributed by atoms with van der Waals surface area (Å²) in [4.78, 5) is 46.9. The lowest BCUT2D eigenvalue weighted by molar-refractivity contribution is -0.173. The first kappa shape index (κ1) is 17.7. The largest absolute Gasteiger partial charge is 0.480 e. The first-order valence-corrected chi connectivity index (χ1v) is 6.67. The van der Waals surface area contributed by atoms with Gasteiger partial charge in [0.15, 0.2) is 6.10 Å². The maximum Gasteiger partial charge on any atom is 0.413 e. The number of hydrogen-bond donors (Lipinski definition) is 1. The zero-order valence-electron chi connectivity index (χ0n) is 12.8. The Morgan fingerprint density at radius 3 is 2.14 bits per heavy atom. The number of nitrogens with zero attached hydrogens (tertiary/aromatic N) is 1. The molecule has 0 aromatic heterocycles. The summed E-state index contributed by atoms with van der Waals surface area (Å²) in [6.07, 6.45) is -3.64. The van der Waals surface area contributed by atoms with E-state index in [4.69, 9.17) is 14.2 Å². The Hall–Kier alpha value is -2.32. The van der Waals surface area contributed by atoms with Crippen LogP contribution in [0.15, 0.2) is 0 Å². The second-order valence-electron chi connectivity index (χ2n) is 5.00. The Bertz CT molecular complexity index is 490. The van der Waals surface area contributed by atoms with Crippen LogP contribution in [0.2, 0.25) is 0 Å². The van der Waals surface area contributed by atoms with Crippen molar-refractivity contribution in [1.82, 2.24) is 4.90 Å². The molecule has 1 amide bonds. The molecule has 0 bridgehead atoms. The first-order valence-electron chi connectivity index (χ1n) is 6.67. The third kappa shape index (κ3) is 3.46. The Kier molecular flexibility index (Phi) is 5.34. The Morgan fingerprint density at radius 2 is 1.73 bits per heavy atom. The number of ether oxygens (including phenoxy) is 3. The van der Waals surface area contributed by atoms with Crippen LogP contribution in [0.3, 0.4) is 0 Å². The Morgan fingerprint density at radius 1 is 1.18 bits per heavy atom. The Labute approximate surface area is 127 Å². The molecule has 0 radical (unpaired) electrons. The molecule has 9 nitrogen and oxygen atoms in total. The molecule has 9 heteroatoms. The smallest absolute Gasteiger partial charge is 0.413 e. The van der Waals surface area contributed by atoms with Crippen molar-refractivity contribution in [3.63, 3.8) is 0 Å². The van der Waals surface area contributed by atoms with Crippen LogP contribution >= 0.6 is 0 Å². The molecule has 22 heavy (non-hydrogen) atoms. The van der Waals surface area contributed by atoms with E-state index in [0.29, 0.717) is 0 Å². The molecule has 0 saturated carbocycles. The van der Waals surface area contributed by atoms with Gasteiger partial charge < -0.3 is 19.3 Å². The molecule has 1 rings (SSSR count). The van der Waals surface area contributed by atoms with Gasteiger partial charge in [-0.1, -0.05) is 0 Å². The summed E-state index contributed by atoms with van der Waals surface area (Å²) in [7, 11) is 0. The minimum atomic E-state index is -1.73. The standard InChI is InChI=1S/C13H19NO8/c1-5-20-12(19)14-10(22-8(3)16)9(21-7(2)15)6-13(14,4)11(17)18/h9-10H,5-6H2,1-4H3,(H,17,18)/t9-,10-,13+/m1/s1. The van der Waals surface area contributed by atoms with Crippen LogP contribution in [-0.2, 0) is 28.6 Å². The topological polar surface area (TPSA) is 119 Å². The summed E-state index contributed by atoms with van der Waals surface area (Å²) in [5, 5.41) is 9.43. The highest BCUT2D eigenvalue weighted by molar-refractivity contribution is 5.85. The van der Waals surface area contributed by atoms with Crippen molar-refractivity contribution in [2.75, 3.05) is 6.61 Å². The number of esters is 2. The van der Waals surface area contributed by atoms with Crippen molar-refractivity contribution in [2.24, 2.45) is 0 Å². The van der Waals surface area contributed by atoms with Crippen molar-refractivity contribution >= 4 is 24.0 Å². The highest BCUT2D eigenvalue weighted by Gasteiger charge is 2.59. The van der Waals surface area contributed by atoms with E-state index >= 15 is 0 Å². The summed E-state index contributed by atoms with van der Waals surface area (Å²) >= 11 is 0. The van der Waals surface area contributed by atoms with Gasteiger partial charge in [-0.15, -0.1) is 0 Å². The van der Waals surface area contributed by atoms with Gasteiger partial charge in [-0.3, -0.25) is 14.5 Å². The molecule has 124 valence electrons. The third-order valence-electron chi connectivity index (χ3n) is 3.23. The average Bonchev–Trinajstić information content (AvgIpc) is 2.62. The predicted octanol–water partition coefficient (Wildman–Crippen LogP) is 0.513. The monoisotopic (exact) mass is 317 g/mol. The molecular weight excluding hydrogens is 298 g/mol. The van der Waals surface area contributed by atoms with Gasteiger partial charge in [0.1, 0.15) is 5.54 Å². The summed E-state index contributed by atoms with van der Waals surface area (Å²) in [6, 6.07) is 0. The van der Waals surface area contributed by atoms with E-state index in [1.54, 1.807) is 6.92 Å². The molecule has 0 aliphatic carbocycles. The maximum absolute atomic E-state index is 12.1. The lowest BCUT2D eigenvalue weighted by Gasteiger charge is -2.33. The highest BCUT2D eigenvalue weighted by atomic mass is 16.6. The molecule has 1 aliphatic rings. The maximum atomic E-state index is 12.1. The van der Waals surface area contributed by atoms with Crippen molar-refractivity contribution in [2.45, 2.75) is 52.0 Å². The number of carbonyl (C=O) groups is 4. The minimum absolute atomic E-state index is 0.00998. The molecular formula is C13H19NO8. The van der Waals surface area contributed by atoms with E-state index in [-0.39, 0.29) is 13.0 Å². The van der Waals surface area contributed by atoms with Gasteiger partial charge in [-0.2, -0.15) is 0 Å². The van der Waals surface area contributed by atoms with Crippen molar-refractivity contribution in [3.05, 3.63) is 0 Å². The van der Waals surface area contributed by atoms with Gasteiger partial charge in [0, 0.05) is 20.3 Å². The average molecular weight is 317 g/mol. The van der Waals surface area contributed by atoms with Gasteiger partial charge in [0.25, 0.3) is 0 Å². The van der Waals surface area contributed by atoms with E-state index < -0.39 is 41.9 Å². The van der Waals surface area contributed by atoms with Crippen LogP contribution in [0.5, 0.6) is 0 Å². The summed E-state index contributed by atoms with van der Waals surface area (Å²) in [5.74, 6) is -2.75. The van der Waals surface area contributed by atoms with Crippen LogP contribution in [0.4, 0.5) is 4.79 Å². The third-order valence-corrected chi connectivity index (χ3v) is 3.23. The molecule has 1 fully saturated rings. The fourth-order valence-corrected chi connectivity index (χ4v) is 2.34. The molecule has 0 aromatic carbocycles. The van der Waals surface area contributed by atoms with Crippen LogP contribution in [0.25, 0.3) is 0 Å². The van der Waals surface area contributed by atoms with E-state index in [2.05, 4.69) is 0 Å². The number of likely N-dealkylation sites (tertiary alicyclic amines) is 1. The summed E-state index contributed by atoms with van der Waals surface area (Å²) in [5.41, 5.74) is -1.73. The molecule has 3 atom stereocenters. The molecule has 1 saturated heterocycles. The lowest BCUT2D eigenvalue weighted by Crippen LogP contribution is -2.55. The molecule has 1 aliphatic heterocycles. The molecule has 1 heterocycles. The van der Waals surface area contributed by atoms with E-state index in [0.717, 1.165) is 18.7 Å². The number of carboxylic acid groups (broad SMARTS) is 1. The van der Waals surface area contributed by atoms with Crippen LogP contribution in [0, 0.1) is 0 Å². The van der Waals surface area contributed by atoms with E-state index in [1.165, 1.54) is 6.92 Å². The van der Waals surface area contributed by atoms with Gasteiger partial charge in [-0.05, 0) is 13.8 Å². The number of amides is 1. The zero-order chi connectivity index (χ0) is 17.1. The van der Waals surface area contributed by atoms with Crippen molar-refractivity contribution in [3.8, 4) is 0 Å². The number of hydrogen-bond acceptors (Lipinski definition) is 7. The van der Waals surface area contributed by atoms with Crippen LogP contribution in [-0.4, -0.2) is 58.5 Å². The second-order valence-corrected chi connectivity index (χ2v) is 5.00.